The van der Waals surface area contributed by atoms with Gasteiger partial charge in [-0.1, -0.05) is 27.7 Å². The van der Waals surface area contributed by atoms with E-state index in [2.05, 4.69) is 46.9 Å². The third kappa shape index (κ3) is 5.25. The lowest BCUT2D eigenvalue weighted by molar-refractivity contribution is -0.123. The van der Waals surface area contributed by atoms with E-state index in [9.17, 15) is 4.79 Å². The van der Waals surface area contributed by atoms with Crippen molar-refractivity contribution >= 4 is 5.91 Å². The minimum Gasteiger partial charge on any atom is -0.351 e. The average Bonchev–Trinajstić information content (AvgIpc) is 2.02. The molecule has 0 aromatic carbocycles. The first-order valence-corrected chi connectivity index (χ1v) is 5.59. The summed E-state index contributed by atoms with van der Waals surface area (Å²) in [7, 11) is 0. The van der Waals surface area contributed by atoms with Crippen LogP contribution in [0.5, 0.6) is 0 Å². The molecule has 0 spiro atoms. The van der Waals surface area contributed by atoms with Gasteiger partial charge in [0.05, 0.1) is 0 Å². The summed E-state index contributed by atoms with van der Waals surface area (Å²) in [5, 5.41) is 3.05. The topological polar surface area (TPSA) is 29.1 Å². The van der Waals surface area contributed by atoms with Crippen LogP contribution in [0.25, 0.3) is 0 Å². The predicted molar refractivity (Wildman–Crippen MR) is 61.1 cm³/mol. The summed E-state index contributed by atoms with van der Waals surface area (Å²) < 4.78 is 0. The highest BCUT2D eigenvalue weighted by atomic mass is 16.1. The van der Waals surface area contributed by atoms with E-state index in [1.54, 1.807) is 0 Å². The Hall–Kier alpha value is -0.530. The van der Waals surface area contributed by atoms with Gasteiger partial charge in [-0.15, -0.1) is 0 Å². The first-order valence-electron chi connectivity index (χ1n) is 5.59. The molecule has 84 valence electrons. The van der Waals surface area contributed by atoms with E-state index in [0.29, 0.717) is 18.3 Å². The summed E-state index contributed by atoms with van der Waals surface area (Å²) in [5.41, 5.74) is -0.0617. The Morgan fingerprint density at radius 2 is 1.79 bits per heavy atom. The van der Waals surface area contributed by atoms with Crippen LogP contribution in [0, 0.1) is 11.8 Å². The molecule has 14 heavy (non-hydrogen) atoms. The highest BCUT2D eigenvalue weighted by Gasteiger charge is 2.19. The first kappa shape index (κ1) is 13.5. The van der Waals surface area contributed by atoms with E-state index >= 15 is 0 Å². The standard InChI is InChI=1S/C12H25NO/c1-7-12(5,6)13-11(14)8-10(4)9(2)3/h9-10H,7-8H2,1-6H3,(H,13,14). The van der Waals surface area contributed by atoms with Crippen LogP contribution in [0.3, 0.4) is 0 Å². The number of hydrogen-bond donors (Lipinski definition) is 1. The number of nitrogens with one attached hydrogen (secondary N) is 1. The SMILES string of the molecule is CCC(C)(C)NC(=O)CC(C)C(C)C. The van der Waals surface area contributed by atoms with Crippen LogP contribution in [0.15, 0.2) is 0 Å². The highest BCUT2D eigenvalue weighted by molar-refractivity contribution is 5.76. The van der Waals surface area contributed by atoms with E-state index in [1.165, 1.54) is 0 Å². The Morgan fingerprint density at radius 1 is 1.29 bits per heavy atom. The maximum Gasteiger partial charge on any atom is 0.220 e. The molecular weight excluding hydrogens is 174 g/mol. The fourth-order valence-corrected chi connectivity index (χ4v) is 1.04. The molecule has 0 aliphatic rings. The van der Waals surface area contributed by atoms with E-state index < -0.39 is 0 Å². The van der Waals surface area contributed by atoms with Gasteiger partial charge in [-0.2, -0.15) is 0 Å². The molecule has 0 aromatic rings. The molecule has 0 aliphatic heterocycles. The average molecular weight is 199 g/mol. The van der Waals surface area contributed by atoms with Gasteiger partial charge in [-0.25, -0.2) is 0 Å². The zero-order valence-electron chi connectivity index (χ0n) is 10.5. The molecule has 1 atom stereocenters. The Labute approximate surface area is 88.5 Å². The minimum absolute atomic E-state index is 0.0617. The van der Waals surface area contributed by atoms with Crippen LogP contribution in [0.2, 0.25) is 0 Å². The Kier molecular flexibility index (Phi) is 5.17. The molecule has 0 radical (unpaired) electrons. The molecule has 0 saturated heterocycles. The van der Waals surface area contributed by atoms with Crippen molar-refractivity contribution in [3.8, 4) is 0 Å². The van der Waals surface area contributed by atoms with E-state index in [4.69, 9.17) is 0 Å². The molecule has 0 fully saturated rings. The Morgan fingerprint density at radius 3 is 2.14 bits per heavy atom. The molecule has 2 nitrogen and oxygen atoms in total. The molecule has 0 saturated carbocycles. The summed E-state index contributed by atoms with van der Waals surface area (Å²) in [4.78, 5) is 11.6. The van der Waals surface area contributed by atoms with Crippen molar-refractivity contribution in [2.24, 2.45) is 11.8 Å². The van der Waals surface area contributed by atoms with Crippen molar-refractivity contribution in [3.63, 3.8) is 0 Å². The Bertz CT molecular complexity index is 185. The number of rotatable bonds is 5. The second-order valence-corrected chi connectivity index (χ2v) is 5.21. The van der Waals surface area contributed by atoms with Crippen LogP contribution in [0.4, 0.5) is 0 Å². The Balaban J connectivity index is 3.99. The molecule has 0 heterocycles. The van der Waals surface area contributed by atoms with Crippen molar-refractivity contribution in [3.05, 3.63) is 0 Å². The van der Waals surface area contributed by atoms with Crippen molar-refractivity contribution < 1.29 is 4.79 Å². The van der Waals surface area contributed by atoms with Crippen LogP contribution in [-0.4, -0.2) is 11.4 Å². The lowest BCUT2D eigenvalue weighted by Gasteiger charge is -2.26. The molecule has 0 rings (SSSR count). The first-order chi connectivity index (χ1) is 6.28. The van der Waals surface area contributed by atoms with Gasteiger partial charge in [0.15, 0.2) is 0 Å². The van der Waals surface area contributed by atoms with Gasteiger partial charge >= 0.3 is 0 Å². The maximum atomic E-state index is 11.6. The quantitative estimate of drug-likeness (QED) is 0.724. The van der Waals surface area contributed by atoms with E-state index in [0.717, 1.165) is 6.42 Å². The van der Waals surface area contributed by atoms with Gasteiger partial charge in [-0.3, -0.25) is 4.79 Å². The smallest absolute Gasteiger partial charge is 0.220 e. The van der Waals surface area contributed by atoms with Crippen LogP contribution in [0.1, 0.15) is 54.4 Å². The van der Waals surface area contributed by atoms with Gasteiger partial charge in [0.1, 0.15) is 0 Å². The van der Waals surface area contributed by atoms with Crippen molar-refractivity contribution in [2.75, 3.05) is 0 Å². The molecule has 2 heteroatoms. The van der Waals surface area contributed by atoms with Crippen molar-refractivity contribution in [1.29, 1.82) is 0 Å². The minimum atomic E-state index is -0.0617. The molecule has 0 aliphatic carbocycles. The second-order valence-electron chi connectivity index (χ2n) is 5.21. The lowest BCUT2D eigenvalue weighted by atomic mass is 9.93. The van der Waals surface area contributed by atoms with Gasteiger partial charge in [0.2, 0.25) is 5.91 Å². The van der Waals surface area contributed by atoms with E-state index in [1.807, 2.05) is 0 Å². The molecular formula is C12H25NO. The van der Waals surface area contributed by atoms with Crippen molar-refractivity contribution in [2.45, 2.75) is 59.9 Å². The van der Waals surface area contributed by atoms with Crippen molar-refractivity contribution in [1.82, 2.24) is 5.32 Å². The van der Waals surface area contributed by atoms with Gasteiger partial charge in [-0.05, 0) is 32.1 Å². The number of amides is 1. The summed E-state index contributed by atoms with van der Waals surface area (Å²) >= 11 is 0. The highest BCUT2D eigenvalue weighted by Crippen LogP contribution is 2.15. The molecule has 0 bridgehead atoms. The zero-order chi connectivity index (χ0) is 11.4. The van der Waals surface area contributed by atoms with Crippen LogP contribution < -0.4 is 5.32 Å². The summed E-state index contributed by atoms with van der Waals surface area (Å²) in [6.07, 6.45) is 1.61. The van der Waals surface area contributed by atoms with Crippen LogP contribution >= 0.6 is 0 Å². The number of hydrogen-bond acceptors (Lipinski definition) is 1. The summed E-state index contributed by atoms with van der Waals surface area (Å²) in [6, 6.07) is 0. The van der Waals surface area contributed by atoms with Gasteiger partial charge in [0.25, 0.3) is 0 Å². The molecule has 0 aromatic heterocycles. The number of carbonyl (C=O) groups is 1. The lowest BCUT2D eigenvalue weighted by Crippen LogP contribution is -2.43. The fraction of sp³-hybridized carbons (Fsp3) is 0.917. The third-order valence-electron chi connectivity index (χ3n) is 3.01. The monoisotopic (exact) mass is 199 g/mol. The predicted octanol–water partition coefficient (Wildman–Crippen LogP) is 2.97. The molecule has 1 N–H and O–H groups in total. The largest absolute Gasteiger partial charge is 0.351 e. The fourth-order valence-electron chi connectivity index (χ4n) is 1.04. The third-order valence-corrected chi connectivity index (χ3v) is 3.01. The maximum absolute atomic E-state index is 11.6. The summed E-state index contributed by atoms with van der Waals surface area (Å²) in [6.45, 7) is 12.6. The second kappa shape index (κ2) is 5.38. The normalized spacial score (nSPS) is 14.2. The molecule has 1 amide bonds. The zero-order valence-corrected chi connectivity index (χ0v) is 10.5. The number of carbonyl (C=O) groups excluding carboxylic acids is 1. The van der Waals surface area contributed by atoms with Gasteiger partial charge in [0, 0.05) is 12.0 Å². The van der Waals surface area contributed by atoms with E-state index in [-0.39, 0.29) is 11.4 Å². The van der Waals surface area contributed by atoms with Crippen LogP contribution in [-0.2, 0) is 4.79 Å². The van der Waals surface area contributed by atoms with Gasteiger partial charge < -0.3 is 5.32 Å². The molecule has 1 unspecified atom stereocenters. The summed E-state index contributed by atoms with van der Waals surface area (Å²) in [5.74, 6) is 1.21.